The minimum atomic E-state index is -0.0354. The number of hydrogen-bond donors (Lipinski definition) is 1. The second-order valence-corrected chi connectivity index (χ2v) is 2.56. The zero-order valence-corrected chi connectivity index (χ0v) is 7.03. The molecule has 0 aliphatic heterocycles. The summed E-state index contributed by atoms with van der Waals surface area (Å²) >= 11 is 0. The monoisotopic (exact) mass is 164 g/mol. The van der Waals surface area contributed by atoms with E-state index >= 15 is 0 Å². The van der Waals surface area contributed by atoms with Crippen molar-refractivity contribution in [1.29, 1.82) is 0 Å². The minimum Gasteiger partial charge on any atom is -0.508 e. The van der Waals surface area contributed by atoms with Gasteiger partial charge in [-0.2, -0.15) is 0 Å². The molecule has 0 bridgehead atoms. The van der Waals surface area contributed by atoms with Gasteiger partial charge in [0.05, 0.1) is 0 Å². The predicted octanol–water partition coefficient (Wildman–Crippen LogP) is 2.35. The Kier molecular flexibility index (Phi) is 2.75. The second kappa shape index (κ2) is 3.81. The first kappa shape index (κ1) is 8.65. The standard InChI is InChI=1S/C10H12O2/c1-3-8(2)12-10-6-4-5-9(11)7-10/h3-8,11H,1H2,2H3. The van der Waals surface area contributed by atoms with E-state index in [1.807, 2.05) is 6.92 Å². The Morgan fingerprint density at radius 3 is 2.92 bits per heavy atom. The SMILES string of the molecule is C=CC(C)Oc1cccc(O)c1. The van der Waals surface area contributed by atoms with Gasteiger partial charge in [-0.3, -0.25) is 0 Å². The molecule has 0 fully saturated rings. The quantitative estimate of drug-likeness (QED) is 0.695. The van der Waals surface area contributed by atoms with Crippen molar-refractivity contribution in [2.75, 3.05) is 0 Å². The first-order valence-corrected chi connectivity index (χ1v) is 3.80. The number of benzene rings is 1. The van der Waals surface area contributed by atoms with Gasteiger partial charge >= 0.3 is 0 Å². The number of ether oxygens (including phenoxy) is 1. The summed E-state index contributed by atoms with van der Waals surface area (Å²) in [6, 6.07) is 6.70. The van der Waals surface area contributed by atoms with Crippen molar-refractivity contribution in [3.8, 4) is 11.5 Å². The zero-order chi connectivity index (χ0) is 8.97. The van der Waals surface area contributed by atoms with Gasteiger partial charge in [-0.1, -0.05) is 18.7 Å². The summed E-state index contributed by atoms with van der Waals surface area (Å²) < 4.78 is 5.37. The molecule has 0 saturated heterocycles. The van der Waals surface area contributed by atoms with Crippen LogP contribution in [0.5, 0.6) is 11.5 Å². The average molecular weight is 164 g/mol. The zero-order valence-electron chi connectivity index (χ0n) is 7.03. The van der Waals surface area contributed by atoms with Crippen LogP contribution in [0.3, 0.4) is 0 Å². The van der Waals surface area contributed by atoms with Gasteiger partial charge < -0.3 is 9.84 Å². The Bertz CT molecular complexity index is 268. The van der Waals surface area contributed by atoms with Crippen LogP contribution in [0.15, 0.2) is 36.9 Å². The number of phenolic OH excluding ortho intramolecular Hbond substituents is 1. The van der Waals surface area contributed by atoms with E-state index < -0.39 is 0 Å². The lowest BCUT2D eigenvalue weighted by atomic mass is 10.3. The Morgan fingerprint density at radius 1 is 1.58 bits per heavy atom. The molecule has 12 heavy (non-hydrogen) atoms. The van der Waals surface area contributed by atoms with Crippen LogP contribution in [0.2, 0.25) is 0 Å². The Hall–Kier alpha value is -1.44. The van der Waals surface area contributed by atoms with Crippen LogP contribution < -0.4 is 4.74 Å². The number of aromatic hydroxyl groups is 1. The van der Waals surface area contributed by atoms with Crippen molar-refractivity contribution < 1.29 is 9.84 Å². The summed E-state index contributed by atoms with van der Waals surface area (Å²) in [6.45, 7) is 5.48. The molecule has 0 aliphatic carbocycles. The smallest absolute Gasteiger partial charge is 0.123 e. The summed E-state index contributed by atoms with van der Waals surface area (Å²) in [7, 11) is 0. The third-order valence-electron chi connectivity index (χ3n) is 1.47. The molecule has 0 heterocycles. The number of hydrogen-bond acceptors (Lipinski definition) is 2. The molecule has 1 atom stereocenters. The van der Waals surface area contributed by atoms with Crippen LogP contribution in [0.4, 0.5) is 0 Å². The lowest BCUT2D eigenvalue weighted by molar-refractivity contribution is 0.269. The van der Waals surface area contributed by atoms with E-state index in [9.17, 15) is 0 Å². The molecule has 1 rings (SSSR count). The van der Waals surface area contributed by atoms with Crippen LogP contribution in [-0.4, -0.2) is 11.2 Å². The predicted molar refractivity (Wildman–Crippen MR) is 48.4 cm³/mol. The molecule has 0 aliphatic rings. The van der Waals surface area contributed by atoms with E-state index in [4.69, 9.17) is 9.84 Å². The molecule has 2 heteroatoms. The summed E-state index contributed by atoms with van der Waals surface area (Å²) in [5, 5.41) is 9.09. The first-order valence-electron chi connectivity index (χ1n) is 3.80. The van der Waals surface area contributed by atoms with E-state index in [0.717, 1.165) is 0 Å². The summed E-state index contributed by atoms with van der Waals surface area (Å²) in [6.07, 6.45) is 1.66. The number of phenols is 1. The highest BCUT2D eigenvalue weighted by Gasteiger charge is 1.98. The normalized spacial score (nSPS) is 12.1. The largest absolute Gasteiger partial charge is 0.508 e. The fraction of sp³-hybridized carbons (Fsp3) is 0.200. The van der Waals surface area contributed by atoms with E-state index in [2.05, 4.69) is 6.58 Å². The van der Waals surface area contributed by atoms with Gasteiger partial charge in [0.2, 0.25) is 0 Å². The summed E-state index contributed by atoms with van der Waals surface area (Å²) in [5.74, 6) is 0.867. The number of rotatable bonds is 3. The van der Waals surface area contributed by atoms with Gasteiger partial charge in [0, 0.05) is 6.07 Å². The second-order valence-electron chi connectivity index (χ2n) is 2.56. The molecule has 1 aromatic rings. The fourth-order valence-electron chi connectivity index (χ4n) is 0.820. The van der Waals surface area contributed by atoms with Crippen molar-refractivity contribution >= 4 is 0 Å². The van der Waals surface area contributed by atoms with Crippen molar-refractivity contribution in [3.63, 3.8) is 0 Å². The molecule has 0 aromatic heterocycles. The summed E-state index contributed by atoms with van der Waals surface area (Å²) in [4.78, 5) is 0. The van der Waals surface area contributed by atoms with E-state index in [0.29, 0.717) is 5.75 Å². The topological polar surface area (TPSA) is 29.5 Å². The van der Waals surface area contributed by atoms with Crippen LogP contribution in [0, 0.1) is 0 Å². The molecule has 1 aromatic carbocycles. The van der Waals surface area contributed by atoms with Crippen LogP contribution in [0.1, 0.15) is 6.92 Å². The van der Waals surface area contributed by atoms with E-state index in [-0.39, 0.29) is 11.9 Å². The van der Waals surface area contributed by atoms with Gasteiger partial charge in [0.1, 0.15) is 17.6 Å². The van der Waals surface area contributed by atoms with Gasteiger partial charge in [-0.05, 0) is 19.1 Å². The van der Waals surface area contributed by atoms with Crippen LogP contribution in [0.25, 0.3) is 0 Å². The van der Waals surface area contributed by atoms with Gasteiger partial charge in [0.15, 0.2) is 0 Å². The maximum Gasteiger partial charge on any atom is 0.123 e. The lowest BCUT2D eigenvalue weighted by Gasteiger charge is -2.09. The summed E-state index contributed by atoms with van der Waals surface area (Å²) in [5.41, 5.74) is 0. The highest BCUT2D eigenvalue weighted by Crippen LogP contribution is 2.18. The minimum absolute atomic E-state index is 0.0354. The molecule has 0 amide bonds. The molecular weight excluding hydrogens is 152 g/mol. The van der Waals surface area contributed by atoms with Crippen molar-refractivity contribution in [2.45, 2.75) is 13.0 Å². The van der Waals surface area contributed by atoms with Gasteiger partial charge in [0.25, 0.3) is 0 Å². The maximum atomic E-state index is 9.09. The fourth-order valence-corrected chi connectivity index (χ4v) is 0.820. The van der Waals surface area contributed by atoms with Crippen molar-refractivity contribution in [3.05, 3.63) is 36.9 Å². The van der Waals surface area contributed by atoms with E-state index in [1.165, 1.54) is 0 Å². The molecule has 64 valence electrons. The first-order chi connectivity index (χ1) is 5.72. The van der Waals surface area contributed by atoms with Gasteiger partial charge in [-0.25, -0.2) is 0 Å². The Morgan fingerprint density at radius 2 is 2.33 bits per heavy atom. The molecular formula is C10H12O2. The Balaban J connectivity index is 2.69. The highest BCUT2D eigenvalue weighted by molar-refractivity contribution is 5.31. The van der Waals surface area contributed by atoms with Crippen molar-refractivity contribution in [1.82, 2.24) is 0 Å². The Labute approximate surface area is 72.1 Å². The van der Waals surface area contributed by atoms with E-state index in [1.54, 1.807) is 30.3 Å². The molecule has 1 N–H and O–H groups in total. The molecule has 0 radical (unpaired) electrons. The third-order valence-corrected chi connectivity index (χ3v) is 1.47. The molecule has 0 saturated carbocycles. The maximum absolute atomic E-state index is 9.09. The van der Waals surface area contributed by atoms with Crippen LogP contribution >= 0.6 is 0 Å². The van der Waals surface area contributed by atoms with Gasteiger partial charge in [-0.15, -0.1) is 0 Å². The lowest BCUT2D eigenvalue weighted by Crippen LogP contribution is -2.06. The van der Waals surface area contributed by atoms with Crippen LogP contribution in [-0.2, 0) is 0 Å². The molecule has 2 nitrogen and oxygen atoms in total. The average Bonchev–Trinajstić information content (AvgIpc) is 2.04. The molecule has 0 spiro atoms. The third kappa shape index (κ3) is 2.31. The molecule has 1 unspecified atom stereocenters. The van der Waals surface area contributed by atoms with Crippen molar-refractivity contribution in [2.24, 2.45) is 0 Å². The highest BCUT2D eigenvalue weighted by atomic mass is 16.5.